The van der Waals surface area contributed by atoms with Gasteiger partial charge in [-0.2, -0.15) is 0 Å². The standard InChI is InChI=1S/C5H7O2.Pd/c1-4(6)3-5(2)7;/h1,3H2,2H3;. The summed E-state index contributed by atoms with van der Waals surface area (Å²) in [6.07, 6.45) is 0.0701. The van der Waals surface area contributed by atoms with Crippen molar-refractivity contribution in [2.75, 3.05) is 0 Å². The summed E-state index contributed by atoms with van der Waals surface area (Å²) in [6.45, 7) is 1.41. The number of hydrogen-bond acceptors (Lipinski definition) is 2. The Morgan fingerprint density at radius 2 is 2.00 bits per heavy atom. The van der Waals surface area contributed by atoms with E-state index in [2.05, 4.69) is 19.2 Å². The van der Waals surface area contributed by atoms with Gasteiger partial charge in [-0.1, -0.05) is 0 Å². The van der Waals surface area contributed by atoms with E-state index in [4.69, 9.17) is 0 Å². The Kier molecular flexibility index (Phi) is 3.94. The van der Waals surface area contributed by atoms with Gasteiger partial charge in [0.15, 0.2) is 0 Å². The molecule has 0 saturated heterocycles. The molecule has 3 heteroatoms. The van der Waals surface area contributed by atoms with Crippen LogP contribution in [0.3, 0.4) is 0 Å². The number of hydrogen-bond donors (Lipinski definition) is 0. The molecule has 0 atom stereocenters. The van der Waals surface area contributed by atoms with Crippen molar-refractivity contribution in [2.24, 2.45) is 0 Å². The first-order chi connectivity index (χ1) is 3.66. The summed E-state index contributed by atoms with van der Waals surface area (Å²) < 4.78 is 0. The summed E-state index contributed by atoms with van der Waals surface area (Å²) >= 11 is 2.70. The van der Waals surface area contributed by atoms with Gasteiger partial charge in [0.05, 0.1) is 0 Å². The summed E-state index contributed by atoms with van der Waals surface area (Å²) in [5.41, 5.74) is 0. The third-order valence-electron chi connectivity index (χ3n) is 0.571. The Morgan fingerprint density at radius 3 is 2.12 bits per heavy atom. The average molecular weight is 206 g/mol. The van der Waals surface area contributed by atoms with E-state index in [1.165, 1.54) is 6.92 Å². The molecule has 8 heavy (non-hydrogen) atoms. The molecule has 0 aliphatic heterocycles. The van der Waals surface area contributed by atoms with Crippen LogP contribution in [0.4, 0.5) is 0 Å². The van der Waals surface area contributed by atoms with Crippen molar-refractivity contribution in [2.45, 2.75) is 18.2 Å². The van der Waals surface area contributed by atoms with E-state index in [-0.39, 0.29) is 18.0 Å². The number of rotatable bonds is 3. The third-order valence-corrected chi connectivity index (χ3v) is 1.18. The van der Waals surface area contributed by atoms with Gasteiger partial charge in [0.2, 0.25) is 0 Å². The Hall–Kier alpha value is 0.00234. The molecule has 0 heterocycles. The molecule has 2 nitrogen and oxygen atoms in total. The topological polar surface area (TPSA) is 34.1 Å². The quantitative estimate of drug-likeness (QED) is 0.497. The zero-order valence-corrected chi connectivity index (χ0v) is 6.10. The van der Waals surface area contributed by atoms with Crippen molar-refractivity contribution in [1.29, 1.82) is 0 Å². The van der Waals surface area contributed by atoms with Crippen LogP contribution >= 0.6 is 0 Å². The summed E-state index contributed by atoms with van der Waals surface area (Å²) in [7, 11) is 0. The van der Waals surface area contributed by atoms with Crippen LogP contribution in [0.25, 0.3) is 0 Å². The maximum atomic E-state index is 10.4. The van der Waals surface area contributed by atoms with E-state index in [1.807, 2.05) is 0 Å². The number of carbonyl (C=O) groups excluding carboxylic acids is 2. The van der Waals surface area contributed by atoms with E-state index in [0.717, 1.165) is 0 Å². The molecule has 0 aromatic heterocycles. The fraction of sp³-hybridized carbons (Fsp3) is 0.600. The number of carbonyl (C=O) groups is 2. The minimum atomic E-state index is -0.0686. The molecule has 0 rings (SSSR count). The van der Waals surface area contributed by atoms with Gasteiger partial charge in [0.25, 0.3) is 0 Å². The zero-order chi connectivity index (χ0) is 6.57. The Labute approximate surface area is 59.1 Å². The Balaban J connectivity index is 3.40. The molecule has 0 aliphatic rings. The van der Waals surface area contributed by atoms with Crippen molar-refractivity contribution in [3.63, 3.8) is 0 Å². The fourth-order valence-corrected chi connectivity index (χ4v) is 0.512. The second-order valence-corrected chi connectivity index (χ2v) is 2.08. The van der Waals surface area contributed by atoms with Crippen molar-refractivity contribution >= 4 is 11.6 Å². The van der Waals surface area contributed by atoms with Crippen molar-refractivity contribution in [3.05, 3.63) is 0 Å². The fourth-order valence-electron chi connectivity index (χ4n) is 0.317. The predicted octanol–water partition coefficient (Wildman–Crippen LogP) is 0.500. The van der Waals surface area contributed by atoms with Gasteiger partial charge in [-0.15, -0.1) is 0 Å². The molecule has 0 aromatic carbocycles. The van der Waals surface area contributed by atoms with Crippen LogP contribution in [0.1, 0.15) is 13.3 Å². The van der Waals surface area contributed by atoms with Gasteiger partial charge in [-0.25, -0.2) is 0 Å². The molecule has 0 bridgehead atoms. The summed E-state index contributed by atoms with van der Waals surface area (Å²) in [5, 5.41) is 0. The maximum absolute atomic E-state index is 10.4. The monoisotopic (exact) mass is 205 g/mol. The SMILES string of the molecule is CC(=O)CC(=O)[CH2][Pd]. The summed E-state index contributed by atoms with van der Waals surface area (Å²) in [6, 6.07) is 0. The second kappa shape index (κ2) is 3.94. The Bertz CT molecular complexity index is 109. The van der Waals surface area contributed by atoms with Gasteiger partial charge < -0.3 is 0 Å². The molecule has 0 aliphatic carbocycles. The van der Waals surface area contributed by atoms with E-state index >= 15 is 0 Å². The number of ketones is 2. The molecular weight excluding hydrogens is 198 g/mol. The van der Waals surface area contributed by atoms with Gasteiger partial charge in [-0.05, 0) is 0 Å². The minimum absolute atomic E-state index is 0.0412. The molecule has 0 fully saturated rings. The molecular formula is C5H7O2Pd. The van der Waals surface area contributed by atoms with Gasteiger partial charge in [0, 0.05) is 0 Å². The average Bonchev–Trinajstić information content (AvgIpc) is 1.65. The first kappa shape index (κ1) is 8.00. The van der Waals surface area contributed by atoms with E-state index in [9.17, 15) is 9.59 Å². The molecule has 0 spiro atoms. The van der Waals surface area contributed by atoms with Crippen LogP contribution in [0.15, 0.2) is 0 Å². The molecule has 0 aromatic rings. The van der Waals surface area contributed by atoms with Crippen LogP contribution in [-0.4, -0.2) is 11.6 Å². The predicted molar refractivity (Wildman–Crippen MR) is 25.1 cm³/mol. The van der Waals surface area contributed by atoms with Gasteiger partial charge in [-0.3, -0.25) is 0 Å². The van der Waals surface area contributed by atoms with Gasteiger partial charge >= 0.3 is 58.6 Å². The molecule has 49 valence electrons. The van der Waals surface area contributed by atoms with E-state index in [0.29, 0.717) is 4.89 Å². The zero-order valence-electron chi connectivity index (χ0n) is 4.55. The third kappa shape index (κ3) is 4.17. The van der Waals surface area contributed by atoms with Crippen LogP contribution in [0.5, 0.6) is 0 Å². The van der Waals surface area contributed by atoms with Crippen molar-refractivity contribution < 1.29 is 28.8 Å². The van der Waals surface area contributed by atoms with Crippen molar-refractivity contribution in [3.8, 4) is 0 Å². The molecule has 0 saturated carbocycles. The van der Waals surface area contributed by atoms with Crippen LogP contribution in [-0.2, 0) is 28.8 Å². The first-order valence-corrected chi connectivity index (χ1v) is 3.29. The number of Topliss-reactive ketones (excluding diaryl/α,β-unsaturated/α-hetero) is 2. The molecule has 0 unspecified atom stereocenters. The Morgan fingerprint density at radius 1 is 1.50 bits per heavy atom. The van der Waals surface area contributed by atoms with Crippen molar-refractivity contribution in [1.82, 2.24) is 0 Å². The van der Waals surface area contributed by atoms with Gasteiger partial charge in [0.1, 0.15) is 0 Å². The van der Waals surface area contributed by atoms with Crippen LogP contribution < -0.4 is 0 Å². The second-order valence-electron chi connectivity index (χ2n) is 1.53. The molecule has 0 N–H and O–H groups in total. The molecule has 0 radical (unpaired) electrons. The van der Waals surface area contributed by atoms with Crippen LogP contribution in [0.2, 0.25) is 4.89 Å². The normalized spacial score (nSPS) is 8.88. The van der Waals surface area contributed by atoms with E-state index in [1.54, 1.807) is 0 Å². The van der Waals surface area contributed by atoms with E-state index < -0.39 is 0 Å². The summed E-state index contributed by atoms with van der Waals surface area (Å²) in [5.74, 6) is -0.110. The first-order valence-electron chi connectivity index (χ1n) is 2.19. The molecule has 0 amide bonds. The summed E-state index contributed by atoms with van der Waals surface area (Å²) in [4.78, 5) is 20.9. The van der Waals surface area contributed by atoms with Crippen LogP contribution in [0, 0.1) is 0 Å².